The largest absolute Gasteiger partial charge is 0.457 e. The monoisotopic (exact) mass is 392 g/mol. The Morgan fingerprint density at radius 1 is 0.893 bits per heavy atom. The Morgan fingerprint density at radius 3 is 2.21 bits per heavy atom. The zero-order valence-corrected chi connectivity index (χ0v) is 16.6. The van der Waals surface area contributed by atoms with Crippen LogP contribution in [0.3, 0.4) is 0 Å². The van der Waals surface area contributed by atoms with Gasteiger partial charge in [0.25, 0.3) is 0 Å². The highest BCUT2D eigenvalue weighted by atomic mass is 35.5. The van der Waals surface area contributed by atoms with E-state index >= 15 is 0 Å². The summed E-state index contributed by atoms with van der Waals surface area (Å²) >= 11 is 5.94. The summed E-state index contributed by atoms with van der Waals surface area (Å²) in [5.74, 6) is 2.30. The van der Waals surface area contributed by atoms with Gasteiger partial charge in [-0.1, -0.05) is 41.9 Å². The van der Waals surface area contributed by atoms with Crippen molar-refractivity contribution in [2.24, 2.45) is 5.92 Å². The molecule has 3 nitrogen and oxygen atoms in total. The number of ether oxygens (including phenoxy) is 1. The minimum Gasteiger partial charge on any atom is -0.457 e. The molecule has 1 N–H and O–H groups in total. The highest BCUT2D eigenvalue weighted by molar-refractivity contribution is 6.30. The Balaban J connectivity index is 1.49. The molecule has 3 aromatic carbocycles. The number of nitrogens with one attached hydrogen (secondary N) is 1. The molecular weight excluding hydrogens is 368 g/mol. The van der Waals surface area contributed by atoms with Crippen molar-refractivity contribution < 1.29 is 4.74 Å². The van der Waals surface area contributed by atoms with Gasteiger partial charge in [-0.3, -0.25) is 0 Å². The molecule has 0 amide bonds. The first-order valence-electron chi connectivity index (χ1n) is 9.79. The van der Waals surface area contributed by atoms with E-state index in [-0.39, 0.29) is 0 Å². The number of rotatable bonds is 7. The molecule has 144 valence electrons. The van der Waals surface area contributed by atoms with E-state index in [1.807, 2.05) is 36.4 Å². The lowest BCUT2D eigenvalue weighted by molar-refractivity contribution is 0.482. The topological polar surface area (TPSA) is 24.5 Å². The van der Waals surface area contributed by atoms with Crippen LogP contribution in [0.1, 0.15) is 12.0 Å². The number of benzene rings is 3. The second kappa shape index (κ2) is 9.13. The van der Waals surface area contributed by atoms with E-state index in [1.165, 1.54) is 17.7 Å². The van der Waals surface area contributed by atoms with Gasteiger partial charge in [0.1, 0.15) is 11.5 Å². The zero-order chi connectivity index (χ0) is 19.2. The molecule has 0 radical (unpaired) electrons. The highest BCUT2D eigenvalue weighted by Gasteiger charge is 2.19. The van der Waals surface area contributed by atoms with E-state index < -0.39 is 0 Å². The maximum absolute atomic E-state index is 5.94. The summed E-state index contributed by atoms with van der Waals surface area (Å²) in [5.41, 5.74) is 2.55. The Hall–Kier alpha value is -2.49. The number of nitrogens with zero attached hydrogens (tertiary/aromatic N) is 1. The molecule has 0 spiro atoms. The van der Waals surface area contributed by atoms with Crippen LogP contribution in [0.4, 0.5) is 5.69 Å². The summed E-state index contributed by atoms with van der Waals surface area (Å²) < 4.78 is 5.93. The van der Waals surface area contributed by atoms with Crippen molar-refractivity contribution in [2.45, 2.75) is 13.0 Å². The molecule has 4 rings (SSSR count). The maximum Gasteiger partial charge on any atom is 0.127 e. The molecule has 4 heteroatoms. The van der Waals surface area contributed by atoms with Gasteiger partial charge in [-0.25, -0.2) is 0 Å². The van der Waals surface area contributed by atoms with E-state index in [9.17, 15) is 0 Å². The average molecular weight is 393 g/mol. The SMILES string of the molecule is Clc1ccc(Oc2ccc(N(Cc3ccccc3)CC3CCNC3)cc2)cc1. The van der Waals surface area contributed by atoms with Gasteiger partial charge in [-0.05, 0) is 79.5 Å². The van der Waals surface area contributed by atoms with Crippen LogP contribution in [0.5, 0.6) is 11.5 Å². The van der Waals surface area contributed by atoms with Crippen molar-refractivity contribution in [3.63, 3.8) is 0 Å². The number of halogens is 1. The Kier molecular flexibility index (Phi) is 6.15. The third-order valence-corrected chi connectivity index (χ3v) is 5.36. The van der Waals surface area contributed by atoms with Crippen LogP contribution in [0.25, 0.3) is 0 Å². The fraction of sp³-hybridized carbons (Fsp3) is 0.250. The van der Waals surface area contributed by atoms with E-state index in [2.05, 4.69) is 52.7 Å². The average Bonchev–Trinajstić information content (AvgIpc) is 3.24. The van der Waals surface area contributed by atoms with Crippen molar-refractivity contribution in [1.29, 1.82) is 0 Å². The minimum absolute atomic E-state index is 0.689. The second-order valence-corrected chi connectivity index (χ2v) is 7.71. The van der Waals surface area contributed by atoms with Gasteiger partial charge in [0.05, 0.1) is 0 Å². The molecule has 1 atom stereocenters. The highest BCUT2D eigenvalue weighted by Crippen LogP contribution is 2.27. The van der Waals surface area contributed by atoms with Gasteiger partial charge >= 0.3 is 0 Å². The Morgan fingerprint density at radius 2 is 1.57 bits per heavy atom. The predicted octanol–water partition coefficient (Wildman–Crippen LogP) is 5.75. The van der Waals surface area contributed by atoms with Crippen LogP contribution in [0, 0.1) is 5.92 Å². The second-order valence-electron chi connectivity index (χ2n) is 7.27. The van der Waals surface area contributed by atoms with Gasteiger partial charge in [0, 0.05) is 23.8 Å². The van der Waals surface area contributed by atoms with Crippen LogP contribution in [-0.2, 0) is 6.54 Å². The first-order chi connectivity index (χ1) is 13.8. The summed E-state index contributed by atoms with van der Waals surface area (Å²) in [6.07, 6.45) is 1.24. The van der Waals surface area contributed by atoms with Crippen LogP contribution >= 0.6 is 11.6 Å². The lowest BCUT2D eigenvalue weighted by Crippen LogP contribution is -2.30. The lowest BCUT2D eigenvalue weighted by atomic mass is 10.1. The fourth-order valence-corrected chi connectivity index (χ4v) is 3.74. The smallest absolute Gasteiger partial charge is 0.127 e. The number of hydrogen-bond donors (Lipinski definition) is 1. The molecule has 1 heterocycles. The van der Waals surface area contributed by atoms with Crippen molar-refractivity contribution in [2.75, 3.05) is 24.5 Å². The lowest BCUT2D eigenvalue weighted by Gasteiger charge is -2.28. The molecular formula is C24H25ClN2O. The van der Waals surface area contributed by atoms with E-state index in [0.29, 0.717) is 10.9 Å². The van der Waals surface area contributed by atoms with Crippen LogP contribution in [0.15, 0.2) is 78.9 Å². The van der Waals surface area contributed by atoms with Gasteiger partial charge in [-0.15, -0.1) is 0 Å². The fourth-order valence-electron chi connectivity index (χ4n) is 3.61. The van der Waals surface area contributed by atoms with Crippen LogP contribution < -0.4 is 15.0 Å². The molecule has 0 aliphatic carbocycles. The van der Waals surface area contributed by atoms with Crippen molar-refractivity contribution in [3.05, 3.63) is 89.4 Å². The maximum atomic E-state index is 5.94. The van der Waals surface area contributed by atoms with E-state index in [4.69, 9.17) is 16.3 Å². The normalized spacial score (nSPS) is 16.1. The van der Waals surface area contributed by atoms with E-state index in [0.717, 1.165) is 37.7 Å². The first kappa shape index (κ1) is 18.9. The minimum atomic E-state index is 0.689. The number of anilines is 1. The first-order valence-corrected chi connectivity index (χ1v) is 10.2. The quantitative estimate of drug-likeness (QED) is 0.554. The molecule has 1 unspecified atom stereocenters. The van der Waals surface area contributed by atoms with Crippen LogP contribution in [0.2, 0.25) is 5.02 Å². The molecule has 3 aromatic rings. The molecule has 1 saturated heterocycles. The zero-order valence-electron chi connectivity index (χ0n) is 15.9. The van der Waals surface area contributed by atoms with Gasteiger partial charge < -0.3 is 15.0 Å². The molecule has 28 heavy (non-hydrogen) atoms. The molecule has 0 bridgehead atoms. The van der Waals surface area contributed by atoms with Crippen molar-refractivity contribution >= 4 is 17.3 Å². The third kappa shape index (κ3) is 5.06. The molecule has 1 aliphatic rings. The summed E-state index contributed by atoms with van der Waals surface area (Å²) in [6, 6.07) is 26.5. The Labute approximate surface area is 171 Å². The van der Waals surface area contributed by atoms with Gasteiger partial charge in [0.2, 0.25) is 0 Å². The Bertz CT molecular complexity index is 859. The summed E-state index contributed by atoms with van der Waals surface area (Å²) in [7, 11) is 0. The standard InChI is InChI=1S/C24H25ClN2O/c25-21-6-10-23(11-7-21)28-24-12-8-22(9-13-24)27(18-20-14-15-26-16-20)17-19-4-2-1-3-5-19/h1-13,20,26H,14-18H2. The summed E-state index contributed by atoms with van der Waals surface area (Å²) in [4.78, 5) is 2.47. The molecule has 0 aromatic heterocycles. The van der Waals surface area contributed by atoms with Crippen molar-refractivity contribution in [1.82, 2.24) is 5.32 Å². The molecule has 0 saturated carbocycles. The summed E-state index contributed by atoms with van der Waals surface area (Å²) in [5, 5.41) is 4.19. The van der Waals surface area contributed by atoms with Crippen LogP contribution in [-0.4, -0.2) is 19.6 Å². The molecule has 1 aliphatic heterocycles. The predicted molar refractivity (Wildman–Crippen MR) is 116 cm³/mol. The third-order valence-electron chi connectivity index (χ3n) is 5.11. The van der Waals surface area contributed by atoms with E-state index in [1.54, 1.807) is 0 Å². The van der Waals surface area contributed by atoms with Gasteiger partial charge in [-0.2, -0.15) is 0 Å². The summed E-state index contributed by atoms with van der Waals surface area (Å²) in [6.45, 7) is 4.19. The van der Waals surface area contributed by atoms with Crippen molar-refractivity contribution in [3.8, 4) is 11.5 Å². The molecule has 1 fully saturated rings. The van der Waals surface area contributed by atoms with Gasteiger partial charge in [0.15, 0.2) is 0 Å². The number of hydrogen-bond acceptors (Lipinski definition) is 3.